The number of aromatic nitrogens is 4. The van der Waals surface area contributed by atoms with E-state index in [1.807, 2.05) is 72.8 Å². The summed E-state index contributed by atoms with van der Waals surface area (Å²) < 4.78 is 46.2. The molecule has 0 saturated carbocycles. The van der Waals surface area contributed by atoms with Crippen LogP contribution in [0.3, 0.4) is 0 Å². The van der Waals surface area contributed by atoms with Crippen molar-refractivity contribution in [1.82, 2.24) is 19.5 Å². The minimum absolute atomic E-state index is 0.0475. The predicted molar refractivity (Wildman–Crippen MR) is 218 cm³/mol. The number of hydrogen-bond acceptors (Lipinski definition) is 3. The zero-order valence-corrected chi connectivity index (χ0v) is 31.7. The van der Waals surface area contributed by atoms with E-state index in [0.29, 0.717) is 22.8 Å². The largest absolute Gasteiger partial charge is 0.417 e. The van der Waals surface area contributed by atoms with Gasteiger partial charge in [0, 0.05) is 33.2 Å². The van der Waals surface area contributed by atoms with Crippen molar-refractivity contribution in [1.29, 1.82) is 0 Å². The highest BCUT2D eigenvalue weighted by Crippen LogP contribution is 2.43. The Balaban J connectivity index is 1.46. The lowest BCUT2D eigenvalue weighted by atomic mass is 9.85. The lowest BCUT2D eigenvalue weighted by Crippen LogP contribution is -2.10. The van der Waals surface area contributed by atoms with Gasteiger partial charge >= 0.3 is 6.18 Å². The lowest BCUT2D eigenvalue weighted by Gasteiger charge is -2.19. The van der Waals surface area contributed by atoms with Crippen LogP contribution >= 0.6 is 0 Å². The molecule has 0 N–H and O–H groups in total. The van der Waals surface area contributed by atoms with Crippen LogP contribution in [0.15, 0.2) is 140 Å². The summed E-state index contributed by atoms with van der Waals surface area (Å²) >= 11 is 0. The van der Waals surface area contributed by atoms with E-state index < -0.39 is 11.7 Å². The average Bonchev–Trinajstić information content (AvgIpc) is 3.50. The Bertz CT molecular complexity index is 2570. The van der Waals surface area contributed by atoms with Gasteiger partial charge in [-0.25, -0.2) is 15.0 Å². The maximum absolute atomic E-state index is 14.7. The molecule has 0 atom stereocenters. The van der Waals surface area contributed by atoms with Crippen molar-refractivity contribution in [2.75, 3.05) is 0 Å². The van der Waals surface area contributed by atoms with Crippen molar-refractivity contribution in [2.24, 2.45) is 0 Å². The number of benzene rings is 6. The molecule has 8 aromatic rings. The van der Waals surface area contributed by atoms with E-state index in [0.717, 1.165) is 44.7 Å². The molecule has 6 aromatic carbocycles. The number of fused-ring (bicyclic) bond motifs is 3. The molecule has 0 aliphatic heterocycles. The highest BCUT2D eigenvalue weighted by atomic mass is 19.4. The zero-order valence-electron chi connectivity index (χ0n) is 31.7. The maximum atomic E-state index is 14.7. The molecule has 2 aromatic heterocycles. The fourth-order valence-electron chi connectivity index (χ4n) is 7.22. The number of hydrogen-bond donors (Lipinski definition) is 0. The first-order chi connectivity index (χ1) is 26.2. The Morgan fingerprint density at radius 1 is 0.436 bits per heavy atom. The van der Waals surface area contributed by atoms with Gasteiger partial charge in [0.2, 0.25) is 0 Å². The highest BCUT2D eigenvalue weighted by molar-refractivity contribution is 6.10. The van der Waals surface area contributed by atoms with Crippen LogP contribution in [0.1, 0.15) is 58.2 Å². The molecule has 0 amide bonds. The molecule has 274 valence electrons. The van der Waals surface area contributed by atoms with Gasteiger partial charge < -0.3 is 4.57 Å². The van der Waals surface area contributed by atoms with Crippen LogP contribution < -0.4 is 0 Å². The van der Waals surface area contributed by atoms with E-state index in [1.54, 1.807) is 12.1 Å². The quantitative estimate of drug-likeness (QED) is 0.177. The number of alkyl halides is 3. The zero-order chi connectivity index (χ0) is 38.7. The number of halogens is 3. The topological polar surface area (TPSA) is 43.6 Å². The van der Waals surface area contributed by atoms with Gasteiger partial charge in [-0.05, 0) is 75.5 Å². The monoisotopic (exact) mass is 730 g/mol. The summed E-state index contributed by atoms with van der Waals surface area (Å²) in [4.78, 5) is 14.8. The van der Waals surface area contributed by atoms with Gasteiger partial charge in [0.05, 0.1) is 16.6 Å². The van der Waals surface area contributed by atoms with Crippen molar-refractivity contribution in [3.8, 4) is 51.0 Å². The molecular formula is C48H41F3N4. The van der Waals surface area contributed by atoms with Crippen molar-refractivity contribution in [2.45, 2.75) is 58.5 Å². The van der Waals surface area contributed by atoms with E-state index in [2.05, 4.69) is 82.5 Å². The van der Waals surface area contributed by atoms with E-state index in [-0.39, 0.29) is 22.2 Å². The summed E-state index contributed by atoms with van der Waals surface area (Å²) in [6, 6.07) is 43.6. The Morgan fingerprint density at radius 2 is 0.909 bits per heavy atom. The van der Waals surface area contributed by atoms with Gasteiger partial charge in [0.25, 0.3) is 0 Å². The van der Waals surface area contributed by atoms with Gasteiger partial charge in [0.1, 0.15) is 0 Å². The van der Waals surface area contributed by atoms with Crippen molar-refractivity contribution < 1.29 is 13.2 Å². The fraction of sp³-hybridized carbons (Fsp3) is 0.188. The normalized spacial score (nSPS) is 12.5. The lowest BCUT2D eigenvalue weighted by molar-refractivity contribution is -0.137. The second-order valence-electron chi connectivity index (χ2n) is 16.1. The second kappa shape index (κ2) is 13.3. The number of rotatable bonds is 5. The van der Waals surface area contributed by atoms with Gasteiger partial charge in [-0.15, -0.1) is 0 Å². The van der Waals surface area contributed by atoms with Crippen LogP contribution in [0.5, 0.6) is 0 Å². The van der Waals surface area contributed by atoms with Crippen LogP contribution in [0.4, 0.5) is 13.2 Å². The van der Waals surface area contributed by atoms with Gasteiger partial charge in [-0.1, -0.05) is 139 Å². The Morgan fingerprint density at radius 3 is 1.40 bits per heavy atom. The molecule has 4 nitrogen and oxygen atoms in total. The van der Waals surface area contributed by atoms with Gasteiger partial charge in [-0.3, -0.25) is 0 Å². The van der Waals surface area contributed by atoms with Crippen molar-refractivity contribution in [3.63, 3.8) is 0 Å². The Kier molecular flexibility index (Phi) is 8.71. The molecule has 0 saturated heterocycles. The maximum Gasteiger partial charge on any atom is 0.417 e. The van der Waals surface area contributed by atoms with Crippen molar-refractivity contribution >= 4 is 21.8 Å². The molecule has 0 aliphatic rings. The first-order valence-electron chi connectivity index (χ1n) is 18.4. The second-order valence-corrected chi connectivity index (χ2v) is 16.1. The van der Waals surface area contributed by atoms with E-state index in [1.165, 1.54) is 23.3 Å². The third-order valence-corrected chi connectivity index (χ3v) is 10.2. The van der Waals surface area contributed by atoms with Crippen LogP contribution in [0.2, 0.25) is 0 Å². The number of nitrogens with zero attached hydrogens (tertiary/aromatic N) is 4. The standard InChI is InChI=1S/C48H41F3N4/c1-46(2,3)32-21-25-41-37(27-32)38-28-33(47(4,5)6)22-26-42(38)55(41)34-23-24-35(36-19-13-14-20-40(36)48(49,50)51)39(29-34)45-53-43(30-15-9-7-10-16-30)52-44(54-45)31-17-11-8-12-18-31/h7-29H,1-6H3. The summed E-state index contributed by atoms with van der Waals surface area (Å²) in [6.07, 6.45) is -4.58. The summed E-state index contributed by atoms with van der Waals surface area (Å²) in [5, 5.41) is 2.22. The summed E-state index contributed by atoms with van der Waals surface area (Å²) in [7, 11) is 0. The van der Waals surface area contributed by atoms with E-state index in [9.17, 15) is 13.2 Å². The first-order valence-corrected chi connectivity index (χ1v) is 18.4. The van der Waals surface area contributed by atoms with Crippen LogP contribution in [-0.2, 0) is 17.0 Å². The molecule has 2 heterocycles. The minimum atomic E-state index is -4.58. The van der Waals surface area contributed by atoms with Crippen LogP contribution in [0.25, 0.3) is 72.8 Å². The minimum Gasteiger partial charge on any atom is -0.309 e. The summed E-state index contributed by atoms with van der Waals surface area (Å²) in [5.74, 6) is 1.12. The van der Waals surface area contributed by atoms with Gasteiger partial charge in [0.15, 0.2) is 17.5 Å². The molecule has 0 spiro atoms. The fourth-order valence-corrected chi connectivity index (χ4v) is 7.22. The molecular weight excluding hydrogens is 690 g/mol. The molecule has 0 bridgehead atoms. The first kappa shape index (κ1) is 35.9. The molecule has 0 aliphatic carbocycles. The molecule has 55 heavy (non-hydrogen) atoms. The Hall–Kier alpha value is -6.08. The van der Waals surface area contributed by atoms with Gasteiger partial charge in [-0.2, -0.15) is 13.2 Å². The molecule has 8 rings (SSSR count). The van der Waals surface area contributed by atoms with E-state index >= 15 is 0 Å². The van der Waals surface area contributed by atoms with Crippen molar-refractivity contribution in [3.05, 3.63) is 156 Å². The summed E-state index contributed by atoms with van der Waals surface area (Å²) in [5.41, 5.74) is 6.72. The highest BCUT2D eigenvalue weighted by Gasteiger charge is 2.34. The Labute approximate surface area is 319 Å². The van der Waals surface area contributed by atoms with Crippen LogP contribution in [-0.4, -0.2) is 19.5 Å². The smallest absolute Gasteiger partial charge is 0.309 e. The molecule has 7 heteroatoms. The third kappa shape index (κ3) is 6.80. The summed E-state index contributed by atoms with van der Waals surface area (Å²) in [6.45, 7) is 13.2. The third-order valence-electron chi connectivity index (χ3n) is 10.2. The van der Waals surface area contributed by atoms with E-state index in [4.69, 9.17) is 15.0 Å². The average molecular weight is 731 g/mol. The van der Waals surface area contributed by atoms with Crippen LogP contribution in [0, 0.1) is 0 Å². The molecule has 0 radical (unpaired) electrons. The molecule has 0 unspecified atom stereocenters. The predicted octanol–water partition coefficient (Wildman–Crippen LogP) is 13.3. The SMILES string of the molecule is CC(C)(C)c1ccc2c(c1)c1cc(C(C)(C)C)ccc1n2-c1ccc(-c2ccccc2C(F)(F)F)c(-c2nc(-c3ccccc3)nc(-c3ccccc3)n2)c1. The molecule has 0 fully saturated rings.